The van der Waals surface area contributed by atoms with Gasteiger partial charge in [-0.25, -0.2) is 0 Å². The van der Waals surface area contributed by atoms with E-state index in [1.54, 1.807) is 0 Å². The number of hydrogen-bond donors (Lipinski definition) is 1. The highest BCUT2D eigenvalue weighted by Crippen LogP contribution is 2.30. The second kappa shape index (κ2) is 3.65. The van der Waals surface area contributed by atoms with Crippen LogP contribution in [0.4, 0.5) is 0 Å². The molecule has 1 saturated carbocycles. The van der Waals surface area contributed by atoms with E-state index in [1.807, 2.05) is 0 Å². The van der Waals surface area contributed by atoms with Gasteiger partial charge >= 0.3 is 0 Å². The normalized spacial score (nSPS) is 18.1. The molecule has 10 heavy (non-hydrogen) atoms. The smallest absolute Gasteiger partial charge is 0.0141 e. The van der Waals surface area contributed by atoms with Crippen molar-refractivity contribution in [2.75, 3.05) is 6.54 Å². The molecular formula is C9H17N. The summed E-state index contributed by atoms with van der Waals surface area (Å²) in [7, 11) is 0. The summed E-state index contributed by atoms with van der Waals surface area (Å²) in [5.74, 6) is 0.798. The van der Waals surface area contributed by atoms with Gasteiger partial charge in [0.25, 0.3) is 0 Å². The Kier molecular flexibility index (Phi) is 2.79. The quantitative estimate of drug-likeness (QED) is 0.630. The molecule has 0 unspecified atom stereocenters. The van der Waals surface area contributed by atoms with Crippen molar-refractivity contribution in [2.45, 2.75) is 32.6 Å². The number of rotatable bonds is 4. The Hall–Kier alpha value is -0.460. The van der Waals surface area contributed by atoms with Gasteiger partial charge in [0, 0.05) is 12.2 Å². The third-order valence-corrected chi connectivity index (χ3v) is 2.20. The molecule has 1 heteroatoms. The molecule has 0 spiro atoms. The predicted molar refractivity (Wildman–Crippen MR) is 44.8 cm³/mol. The zero-order valence-electron chi connectivity index (χ0n) is 6.82. The molecule has 1 aliphatic carbocycles. The van der Waals surface area contributed by atoms with E-state index in [0.717, 1.165) is 12.5 Å². The topological polar surface area (TPSA) is 12.0 Å². The lowest BCUT2D eigenvalue weighted by atomic mass is 9.83. The Labute approximate surface area is 63.5 Å². The lowest BCUT2D eigenvalue weighted by molar-refractivity contribution is 0.351. The molecule has 1 nitrogen and oxygen atoms in total. The van der Waals surface area contributed by atoms with Crippen LogP contribution in [0, 0.1) is 5.92 Å². The average molecular weight is 139 g/mol. The minimum Gasteiger partial charge on any atom is -0.389 e. The molecule has 0 aromatic heterocycles. The molecule has 1 N–H and O–H groups in total. The molecule has 0 aromatic carbocycles. The minimum absolute atomic E-state index is 0.798. The van der Waals surface area contributed by atoms with Crippen molar-refractivity contribution in [1.29, 1.82) is 0 Å². The lowest BCUT2D eigenvalue weighted by Crippen LogP contribution is -2.24. The summed E-state index contributed by atoms with van der Waals surface area (Å²) in [6.07, 6.45) is 5.31. The molecule has 0 bridgehead atoms. The first-order chi connectivity index (χ1) is 4.84. The van der Waals surface area contributed by atoms with E-state index >= 15 is 0 Å². The summed E-state index contributed by atoms with van der Waals surface area (Å²) >= 11 is 0. The largest absolute Gasteiger partial charge is 0.389 e. The van der Waals surface area contributed by atoms with Crippen molar-refractivity contribution in [3.8, 4) is 0 Å². The third-order valence-electron chi connectivity index (χ3n) is 2.20. The molecule has 0 aromatic rings. The summed E-state index contributed by atoms with van der Waals surface area (Å²) in [4.78, 5) is 0. The van der Waals surface area contributed by atoms with Gasteiger partial charge in [-0.1, -0.05) is 19.9 Å². The van der Waals surface area contributed by atoms with Gasteiger partial charge in [-0.15, -0.1) is 0 Å². The lowest BCUT2D eigenvalue weighted by Gasteiger charge is -2.28. The first-order valence-corrected chi connectivity index (χ1v) is 4.27. The van der Waals surface area contributed by atoms with Crippen LogP contribution in [-0.4, -0.2) is 6.54 Å². The van der Waals surface area contributed by atoms with Crippen LogP contribution in [0.5, 0.6) is 0 Å². The predicted octanol–water partition coefficient (Wildman–Crippen LogP) is 2.30. The van der Waals surface area contributed by atoms with Crippen molar-refractivity contribution in [3.63, 3.8) is 0 Å². The molecule has 58 valence electrons. The van der Waals surface area contributed by atoms with Gasteiger partial charge in [0.15, 0.2) is 0 Å². The van der Waals surface area contributed by atoms with E-state index in [2.05, 4.69) is 18.8 Å². The van der Waals surface area contributed by atoms with Crippen LogP contribution in [-0.2, 0) is 0 Å². The standard InChI is InChI=1S/C9H17N/c1-3-7-10-8(2)9-5-4-6-9/h9-10H,2-7H2,1H3. The van der Waals surface area contributed by atoms with Crippen molar-refractivity contribution >= 4 is 0 Å². The fraction of sp³-hybridized carbons (Fsp3) is 0.778. The Balaban J connectivity index is 2.08. The van der Waals surface area contributed by atoms with Gasteiger partial charge in [0.05, 0.1) is 0 Å². The van der Waals surface area contributed by atoms with Gasteiger partial charge in [-0.2, -0.15) is 0 Å². The Morgan fingerprint density at radius 3 is 2.70 bits per heavy atom. The molecule has 1 rings (SSSR count). The van der Waals surface area contributed by atoms with Gasteiger partial charge in [0.2, 0.25) is 0 Å². The summed E-state index contributed by atoms with van der Waals surface area (Å²) < 4.78 is 0. The second-order valence-electron chi connectivity index (χ2n) is 3.08. The van der Waals surface area contributed by atoms with Crippen molar-refractivity contribution in [3.05, 3.63) is 12.3 Å². The highest BCUT2D eigenvalue weighted by molar-refractivity contribution is 5.01. The average Bonchev–Trinajstić information content (AvgIpc) is 1.79. The van der Waals surface area contributed by atoms with E-state index in [9.17, 15) is 0 Å². The summed E-state index contributed by atoms with van der Waals surface area (Å²) in [5, 5.41) is 3.34. The minimum atomic E-state index is 0.798. The second-order valence-corrected chi connectivity index (χ2v) is 3.08. The van der Waals surface area contributed by atoms with Crippen LogP contribution < -0.4 is 5.32 Å². The van der Waals surface area contributed by atoms with Crippen molar-refractivity contribution in [1.82, 2.24) is 5.32 Å². The highest BCUT2D eigenvalue weighted by atomic mass is 14.9. The first kappa shape index (κ1) is 7.64. The summed E-state index contributed by atoms with van der Waals surface area (Å²) in [5.41, 5.74) is 1.27. The van der Waals surface area contributed by atoms with Gasteiger partial charge in [-0.3, -0.25) is 0 Å². The van der Waals surface area contributed by atoms with E-state index < -0.39 is 0 Å². The zero-order valence-corrected chi connectivity index (χ0v) is 6.82. The van der Waals surface area contributed by atoms with Crippen LogP contribution in [0.25, 0.3) is 0 Å². The maximum atomic E-state index is 4.00. The SMILES string of the molecule is C=C(NCCC)C1CCC1. The van der Waals surface area contributed by atoms with Gasteiger partial charge in [0.1, 0.15) is 0 Å². The van der Waals surface area contributed by atoms with Crippen molar-refractivity contribution in [2.24, 2.45) is 5.92 Å². The third kappa shape index (κ3) is 1.76. The number of hydrogen-bond acceptors (Lipinski definition) is 1. The highest BCUT2D eigenvalue weighted by Gasteiger charge is 2.19. The molecular weight excluding hydrogens is 122 g/mol. The molecule has 0 amide bonds. The fourth-order valence-electron chi connectivity index (χ4n) is 1.19. The van der Waals surface area contributed by atoms with E-state index in [4.69, 9.17) is 0 Å². The molecule has 0 radical (unpaired) electrons. The number of allylic oxidation sites excluding steroid dienone is 1. The Morgan fingerprint density at radius 1 is 1.60 bits per heavy atom. The van der Waals surface area contributed by atoms with E-state index in [-0.39, 0.29) is 0 Å². The molecule has 0 atom stereocenters. The molecule has 0 aliphatic heterocycles. The van der Waals surface area contributed by atoms with Crippen LogP contribution >= 0.6 is 0 Å². The molecule has 0 saturated heterocycles. The van der Waals surface area contributed by atoms with Crippen LogP contribution in [0.2, 0.25) is 0 Å². The van der Waals surface area contributed by atoms with Gasteiger partial charge in [-0.05, 0) is 25.2 Å². The van der Waals surface area contributed by atoms with Crippen LogP contribution in [0.3, 0.4) is 0 Å². The summed E-state index contributed by atoms with van der Waals surface area (Å²) in [6.45, 7) is 7.28. The Morgan fingerprint density at radius 2 is 2.30 bits per heavy atom. The maximum absolute atomic E-state index is 4.00. The first-order valence-electron chi connectivity index (χ1n) is 4.27. The summed E-state index contributed by atoms with van der Waals surface area (Å²) in [6, 6.07) is 0. The monoisotopic (exact) mass is 139 g/mol. The molecule has 1 fully saturated rings. The van der Waals surface area contributed by atoms with E-state index in [1.165, 1.54) is 31.4 Å². The van der Waals surface area contributed by atoms with Crippen LogP contribution in [0.1, 0.15) is 32.6 Å². The van der Waals surface area contributed by atoms with E-state index in [0.29, 0.717) is 0 Å². The van der Waals surface area contributed by atoms with Gasteiger partial charge < -0.3 is 5.32 Å². The maximum Gasteiger partial charge on any atom is 0.0141 e. The number of nitrogens with one attached hydrogen (secondary N) is 1. The molecule has 1 aliphatic rings. The zero-order chi connectivity index (χ0) is 7.40. The Bertz CT molecular complexity index is 114. The fourth-order valence-corrected chi connectivity index (χ4v) is 1.19. The van der Waals surface area contributed by atoms with Crippen LogP contribution in [0.15, 0.2) is 12.3 Å². The molecule has 0 heterocycles. The van der Waals surface area contributed by atoms with Crippen molar-refractivity contribution < 1.29 is 0 Å².